The van der Waals surface area contributed by atoms with Crippen molar-refractivity contribution in [3.63, 3.8) is 0 Å². The van der Waals surface area contributed by atoms with Gasteiger partial charge in [-0.25, -0.2) is 13.2 Å². The van der Waals surface area contributed by atoms with Crippen LogP contribution in [0, 0.1) is 17.5 Å². The van der Waals surface area contributed by atoms with Gasteiger partial charge in [-0.05, 0) is 36.6 Å². The Morgan fingerprint density at radius 2 is 1.57 bits per heavy atom. The van der Waals surface area contributed by atoms with Gasteiger partial charge in [-0.3, -0.25) is 14.5 Å². The summed E-state index contributed by atoms with van der Waals surface area (Å²) in [5.74, 6) is -4.43. The Morgan fingerprint density at radius 1 is 0.964 bits per heavy atom. The van der Waals surface area contributed by atoms with Gasteiger partial charge in [-0.15, -0.1) is 0 Å². The highest BCUT2D eigenvalue weighted by atomic mass is 19.2. The molecule has 2 aliphatic rings. The number of allylic oxidation sites excluding steroid dienone is 1. The molecule has 4 nitrogen and oxygen atoms in total. The van der Waals surface area contributed by atoms with Crippen molar-refractivity contribution in [2.75, 3.05) is 6.54 Å². The van der Waals surface area contributed by atoms with Crippen molar-refractivity contribution >= 4 is 11.8 Å². The molecule has 1 aliphatic carbocycles. The molecule has 0 radical (unpaired) electrons. The molecule has 0 aromatic heterocycles. The lowest BCUT2D eigenvalue weighted by atomic mass is 9.80. The van der Waals surface area contributed by atoms with Gasteiger partial charge in [0.2, 0.25) is 0 Å². The summed E-state index contributed by atoms with van der Waals surface area (Å²) in [6.07, 6.45) is 2.41. The molecule has 1 heterocycles. The molecule has 2 amide bonds. The monoisotopic (exact) mass is 386 g/mol. The van der Waals surface area contributed by atoms with Gasteiger partial charge in [0.25, 0.3) is 11.8 Å². The second-order valence-corrected chi connectivity index (χ2v) is 7.10. The Hall–Kier alpha value is -2.93. The molecule has 0 saturated carbocycles. The zero-order chi connectivity index (χ0) is 20.0. The lowest BCUT2D eigenvalue weighted by Gasteiger charge is -2.30. The van der Waals surface area contributed by atoms with Crippen LogP contribution in [0.4, 0.5) is 13.2 Å². The van der Waals surface area contributed by atoms with Crippen LogP contribution in [-0.4, -0.2) is 29.3 Å². The molecule has 0 saturated heterocycles. The first-order valence-electron chi connectivity index (χ1n) is 8.90. The highest BCUT2D eigenvalue weighted by Gasteiger charge is 2.36. The van der Waals surface area contributed by atoms with E-state index in [0.29, 0.717) is 30.0 Å². The zero-order valence-electron chi connectivity index (χ0n) is 14.8. The van der Waals surface area contributed by atoms with Gasteiger partial charge in [0, 0.05) is 18.0 Å². The van der Waals surface area contributed by atoms with Crippen molar-refractivity contribution < 1.29 is 22.8 Å². The number of carbonyl (C=O) groups is 2. The van der Waals surface area contributed by atoms with Crippen molar-refractivity contribution in [3.8, 4) is 0 Å². The van der Waals surface area contributed by atoms with E-state index in [1.54, 1.807) is 30.3 Å². The minimum Gasteiger partial charge on any atom is -0.327 e. The minimum atomic E-state index is -1.24. The molecule has 28 heavy (non-hydrogen) atoms. The first-order chi connectivity index (χ1) is 13.4. The second-order valence-electron chi connectivity index (χ2n) is 7.10. The largest absolute Gasteiger partial charge is 0.327 e. The predicted octanol–water partition coefficient (Wildman–Crippen LogP) is 3.53. The predicted molar refractivity (Wildman–Crippen MR) is 96.2 cm³/mol. The third-order valence-corrected chi connectivity index (χ3v) is 5.35. The molecule has 144 valence electrons. The number of imide groups is 1. The van der Waals surface area contributed by atoms with Crippen LogP contribution in [0.5, 0.6) is 0 Å². The van der Waals surface area contributed by atoms with Crippen molar-refractivity contribution in [2.45, 2.75) is 24.8 Å². The van der Waals surface area contributed by atoms with E-state index in [-0.39, 0.29) is 23.9 Å². The lowest BCUT2D eigenvalue weighted by Crippen LogP contribution is -2.37. The normalized spacial score (nSPS) is 21.7. The summed E-state index contributed by atoms with van der Waals surface area (Å²) in [6, 6.07) is 7.44. The van der Waals surface area contributed by atoms with Crippen LogP contribution in [0.15, 0.2) is 48.0 Å². The molecule has 2 aromatic rings. The average molecular weight is 386 g/mol. The van der Waals surface area contributed by atoms with E-state index in [0.717, 1.165) is 11.6 Å². The zero-order valence-corrected chi connectivity index (χ0v) is 14.8. The first-order valence-corrected chi connectivity index (χ1v) is 8.90. The Morgan fingerprint density at radius 3 is 2.18 bits per heavy atom. The van der Waals surface area contributed by atoms with Crippen LogP contribution in [0.1, 0.15) is 45.0 Å². The average Bonchev–Trinajstić information content (AvgIpc) is 2.91. The number of benzene rings is 2. The molecular formula is C21H17F3N2O2. The Labute approximate surface area is 159 Å². The molecule has 2 N–H and O–H groups in total. The number of carbonyl (C=O) groups excluding carboxylic acids is 2. The molecule has 7 heteroatoms. The van der Waals surface area contributed by atoms with E-state index in [1.807, 2.05) is 0 Å². The van der Waals surface area contributed by atoms with E-state index in [1.165, 1.54) is 4.90 Å². The summed E-state index contributed by atoms with van der Waals surface area (Å²) >= 11 is 0. The summed E-state index contributed by atoms with van der Waals surface area (Å²) in [7, 11) is 0. The van der Waals surface area contributed by atoms with Crippen LogP contribution >= 0.6 is 0 Å². The SMILES string of the molecule is N[C@@H]1CC(CN2C(=O)c3ccccc3C2=O)=CC[C@H]1c1cc(F)c(F)cc1F. The molecule has 0 spiro atoms. The summed E-state index contributed by atoms with van der Waals surface area (Å²) in [5.41, 5.74) is 7.72. The van der Waals surface area contributed by atoms with Gasteiger partial charge in [-0.2, -0.15) is 0 Å². The summed E-state index contributed by atoms with van der Waals surface area (Å²) < 4.78 is 40.8. The number of halogens is 3. The molecule has 2 atom stereocenters. The van der Waals surface area contributed by atoms with Gasteiger partial charge >= 0.3 is 0 Å². The van der Waals surface area contributed by atoms with E-state index < -0.39 is 29.4 Å². The Kier molecular flexibility index (Phi) is 4.55. The Bertz CT molecular complexity index is 984. The van der Waals surface area contributed by atoms with E-state index >= 15 is 0 Å². The molecule has 0 bridgehead atoms. The van der Waals surface area contributed by atoms with Crippen molar-refractivity contribution in [1.29, 1.82) is 0 Å². The Balaban J connectivity index is 1.53. The molecular weight excluding hydrogens is 369 g/mol. The quantitative estimate of drug-likeness (QED) is 0.499. The van der Waals surface area contributed by atoms with E-state index in [9.17, 15) is 22.8 Å². The highest BCUT2D eigenvalue weighted by molar-refractivity contribution is 6.21. The third-order valence-electron chi connectivity index (χ3n) is 5.35. The number of nitrogens with two attached hydrogens (primary N) is 1. The number of hydrogen-bond acceptors (Lipinski definition) is 3. The fourth-order valence-electron chi connectivity index (χ4n) is 3.89. The topological polar surface area (TPSA) is 63.4 Å². The van der Waals surface area contributed by atoms with Gasteiger partial charge < -0.3 is 5.73 Å². The minimum absolute atomic E-state index is 0.0300. The van der Waals surface area contributed by atoms with Crippen LogP contribution in [0.2, 0.25) is 0 Å². The molecule has 1 aliphatic heterocycles. The van der Waals surface area contributed by atoms with Crippen molar-refractivity contribution in [1.82, 2.24) is 4.90 Å². The van der Waals surface area contributed by atoms with E-state index in [2.05, 4.69) is 0 Å². The maximum Gasteiger partial charge on any atom is 0.261 e. The number of amides is 2. The van der Waals surface area contributed by atoms with Gasteiger partial charge in [0.15, 0.2) is 11.6 Å². The highest BCUT2D eigenvalue weighted by Crippen LogP contribution is 2.35. The summed E-state index contributed by atoms with van der Waals surface area (Å²) in [4.78, 5) is 26.1. The van der Waals surface area contributed by atoms with Crippen LogP contribution in [0.25, 0.3) is 0 Å². The number of nitrogens with zero attached hydrogens (tertiary/aromatic N) is 1. The maximum absolute atomic E-state index is 14.1. The van der Waals surface area contributed by atoms with Crippen LogP contribution in [0.3, 0.4) is 0 Å². The van der Waals surface area contributed by atoms with Gasteiger partial charge in [-0.1, -0.05) is 23.8 Å². The first kappa shape index (κ1) is 18.4. The van der Waals surface area contributed by atoms with E-state index in [4.69, 9.17) is 5.73 Å². The summed E-state index contributed by atoms with van der Waals surface area (Å²) in [5, 5.41) is 0. The summed E-state index contributed by atoms with van der Waals surface area (Å²) in [6.45, 7) is 0.104. The second kappa shape index (κ2) is 6.91. The van der Waals surface area contributed by atoms with Crippen molar-refractivity contribution in [3.05, 3.63) is 82.2 Å². The van der Waals surface area contributed by atoms with Crippen LogP contribution in [-0.2, 0) is 0 Å². The molecule has 0 fully saturated rings. The fourth-order valence-corrected chi connectivity index (χ4v) is 3.89. The van der Waals surface area contributed by atoms with Crippen molar-refractivity contribution in [2.24, 2.45) is 5.73 Å². The third kappa shape index (κ3) is 3.01. The molecule has 2 aromatic carbocycles. The fraction of sp³-hybridized carbons (Fsp3) is 0.238. The number of hydrogen-bond donors (Lipinski definition) is 1. The van der Waals surface area contributed by atoms with Gasteiger partial charge in [0.05, 0.1) is 17.7 Å². The lowest BCUT2D eigenvalue weighted by molar-refractivity contribution is 0.0666. The molecule has 0 unspecified atom stereocenters. The standard InChI is InChI=1S/C21H17F3N2O2/c22-16-9-18(24)17(23)8-15(16)12-6-5-11(7-19(12)25)10-26-20(27)13-3-1-2-4-14(13)21(26)28/h1-5,8-9,12,19H,6-7,10,25H2/t12-,19+/m0/s1. The number of rotatable bonds is 3. The van der Waals surface area contributed by atoms with Crippen LogP contribution < -0.4 is 5.73 Å². The van der Waals surface area contributed by atoms with Gasteiger partial charge in [0.1, 0.15) is 5.82 Å². The smallest absolute Gasteiger partial charge is 0.261 e. The number of fused-ring (bicyclic) bond motifs is 1. The maximum atomic E-state index is 14.1. The molecule has 4 rings (SSSR count).